The van der Waals surface area contributed by atoms with Gasteiger partial charge in [0.2, 0.25) is 11.8 Å². The fourth-order valence-corrected chi connectivity index (χ4v) is 5.61. The lowest BCUT2D eigenvalue weighted by Gasteiger charge is -2.29. The summed E-state index contributed by atoms with van der Waals surface area (Å²) in [6, 6.07) is 31.5. The van der Waals surface area contributed by atoms with Crippen molar-refractivity contribution in [1.82, 2.24) is 15.5 Å². The summed E-state index contributed by atoms with van der Waals surface area (Å²) in [5.41, 5.74) is 6.56. The van der Waals surface area contributed by atoms with Gasteiger partial charge in [-0.15, -0.1) is 0 Å². The average molecular weight is 706 g/mol. The highest BCUT2D eigenvalue weighted by molar-refractivity contribution is 5.86. The first kappa shape index (κ1) is 37.6. The van der Waals surface area contributed by atoms with Crippen molar-refractivity contribution < 1.29 is 52.1 Å². The summed E-state index contributed by atoms with van der Waals surface area (Å²) in [6.45, 7) is -0.284. The van der Waals surface area contributed by atoms with Crippen molar-refractivity contribution >= 4 is 29.8 Å². The number of benzene rings is 4. The topological polar surface area (TPSA) is 162 Å². The Balaban J connectivity index is 0.000000755. The second-order valence-electron chi connectivity index (χ2n) is 11.3. The number of aliphatic carboxylic acids is 2. The van der Waals surface area contributed by atoms with E-state index in [0.717, 1.165) is 33.4 Å². The van der Waals surface area contributed by atoms with Gasteiger partial charge in [-0.05, 0) is 38.9 Å². The predicted molar refractivity (Wildman–Crippen MR) is 179 cm³/mol. The van der Waals surface area contributed by atoms with Gasteiger partial charge in [-0.2, -0.15) is 13.2 Å². The monoisotopic (exact) mass is 705 g/mol. The van der Waals surface area contributed by atoms with E-state index >= 15 is 0 Å². The molecule has 0 heterocycles. The molecule has 4 N–H and O–H groups in total. The number of ether oxygens (including phenoxy) is 1. The molecule has 0 aromatic heterocycles. The van der Waals surface area contributed by atoms with Crippen LogP contribution in [-0.2, 0) is 23.9 Å². The van der Waals surface area contributed by atoms with E-state index in [1.54, 1.807) is 12.1 Å². The van der Waals surface area contributed by atoms with E-state index in [2.05, 4.69) is 10.6 Å². The maximum atomic E-state index is 12.9. The minimum absolute atomic E-state index is 0.0584. The summed E-state index contributed by atoms with van der Waals surface area (Å²) in [5, 5.41) is 21.9. The van der Waals surface area contributed by atoms with Crippen molar-refractivity contribution in [2.24, 2.45) is 0 Å². The molecule has 0 bridgehead atoms. The fourth-order valence-electron chi connectivity index (χ4n) is 5.61. The van der Waals surface area contributed by atoms with Crippen molar-refractivity contribution in [3.63, 3.8) is 0 Å². The van der Waals surface area contributed by atoms with Crippen molar-refractivity contribution in [3.8, 4) is 22.3 Å². The SMILES string of the molecule is COC(=O)N(CCC(=O)NCC(=O)NC(CC(=O)O)c1ccc(-c2ccccc2)cc1)C1c2ccccc2-c2ccccc21.O=C(O)C(F)(F)F. The number of carbonyl (C=O) groups is 5. The van der Waals surface area contributed by atoms with Crippen LogP contribution in [0.4, 0.5) is 18.0 Å². The molecule has 1 aliphatic rings. The molecule has 4 aromatic rings. The zero-order valence-electron chi connectivity index (χ0n) is 27.2. The molecule has 0 radical (unpaired) electrons. The van der Waals surface area contributed by atoms with E-state index in [0.29, 0.717) is 5.56 Å². The lowest BCUT2D eigenvalue weighted by atomic mass is 9.99. The molecule has 5 rings (SSSR count). The van der Waals surface area contributed by atoms with E-state index < -0.39 is 48.1 Å². The number of rotatable bonds is 11. The van der Waals surface area contributed by atoms with Gasteiger partial charge in [-0.25, -0.2) is 9.59 Å². The van der Waals surface area contributed by atoms with Gasteiger partial charge in [0, 0.05) is 13.0 Å². The lowest BCUT2D eigenvalue weighted by Crippen LogP contribution is -2.41. The molecule has 1 atom stereocenters. The number of halogens is 3. The van der Waals surface area contributed by atoms with Crippen LogP contribution in [-0.4, -0.2) is 71.3 Å². The average Bonchev–Trinajstić information content (AvgIpc) is 3.45. The van der Waals surface area contributed by atoms with E-state index in [1.165, 1.54) is 12.0 Å². The molecule has 0 aliphatic heterocycles. The Morgan fingerprint density at radius 2 is 1.27 bits per heavy atom. The Morgan fingerprint density at radius 3 is 1.78 bits per heavy atom. The van der Waals surface area contributed by atoms with Crippen LogP contribution in [0.15, 0.2) is 103 Å². The van der Waals surface area contributed by atoms with E-state index in [1.807, 2.05) is 91.0 Å². The lowest BCUT2D eigenvalue weighted by molar-refractivity contribution is -0.192. The van der Waals surface area contributed by atoms with Gasteiger partial charge < -0.3 is 25.6 Å². The second kappa shape index (κ2) is 17.0. The number of nitrogens with zero attached hydrogens (tertiary/aromatic N) is 1. The third-order valence-corrected chi connectivity index (χ3v) is 7.92. The molecule has 266 valence electrons. The van der Waals surface area contributed by atoms with Crippen LogP contribution in [0.1, 0.15) is 41.6 Å². The Hall–Kier alpha value is -6.18. The van der Waals surface area contributed by atoms with Crippen LogP contribution >= 0.6 is 0 Å². The van der Waals surface area contributed by atoms with Crippen LogP contribution in [0.5, 0.6) is 0 Å². The summed E-state index contributed by atoms with van der Waals surface area (Å²) in [5.74, 6) is -4.78. The first-order valence-corrected chi connectivity index (χ1v) is 15.6. The molecule has 3 amide bonds. The van der Waals surface area contributed by atoms with Crippen LogP contribution in [0.3, 0.4) is 0 Å². The number of carbonyl (C=O) groups excluding carboxylic acids is 3. The van der Waals surface area contributed by atoms with Gasteiger partial charge in [0.05, 0.1) is 32.2 Å². The molecule has 0 fully saturated rings. The number of amides is 3. The number of carboxylic acid groups (broad SMARTS) is 2. The van der Waals surface area contributed by atoms with Crippen LogP contribution < -0.4 is 10.6 Å². The molecule has 14 heteroatoms. The molecule has 51 heavy (non-hydrogen) atoms. The highest BCUT2D eigenvalue weighted by atomic mass is 19.4. The number of hydrogen-bond donors (Lipinski definition) is 4. The smallest absolute Gasteiger partial charge is 0.481 e. The molecule has 0 spiro atoms. The highest BCUT2D eigenvalue weighted by Crippen LogP contribution is 2.46. The Kier molecular flexibility index (Phi) is 12.5. The van der Waals surface area contributed by atoms with Crippen LogP contribution in [0.2, 0.25) is 0 Å². The Morgan fingerprint density at radius 1 is 0.765 bits per heavy atom. The van der Waals surface area contributed by atoms with Gasteiger partial charge >= 0.3 is 24.2 Å². The van der Waals surface area contributed by atoms with Crippen molar-refractivity contribution in [2.75, 3.05) is 20.2 Å². The van der Waals surface area contributed by atoms with Crippen molar-refractivity contribution in [3.05, 3.63) is 120 Å². The minimum atomic E-state index is -5.08. The standard InChI is InChI=1S/C35H33N3O6.C2HF3O2/c1-44-35(43)38(34-28-13-7-5-11-26(28)27-12-6-8-14-29(27)34)20-19-31(39)36-22-32(40)37-30(21-33(41)42)25-17-15-24(16-18-25)23-9-3-2-4-10-23;3-2(4,5)1(6)7/h2-18,30,34H,19-22H2,1H3,(H,36,39)(H,37,40)(H,41,42);(H,6,7). The number of fused-ring (bicyclic) bond motifs is 3. The molecule has 1 unspecified atom stereocenters. The number of alkyl halides is 3. The molecule has 4 aromatic carbocycles. The zero-order chi connectivity index (χ0) is 37.1. The summed E-state index contributed by atoms with van der Waals surface area (Å²) in [6.07, 6.45) is -6.03. The van der Waals surface area contributed by atoms with E-state index in [4.69, 9.17) is 14.6 Å². The molecule has 0 saturated heterocycles. The van der Waals surface area contributed by atoms with Crippen molar-refractivity contribution in [2.45, 2.75) is 31.1 Å². The first-order chi connectivity index (χ1) is 24.3. The fraction of sp³-hybridized carbons (Fsp3) is 0.216. The molecule has 0 saturated carbocycles. The number of hydrogen-bond acceptors (Lipinski definition) is 6. The molecular weight excluding hydrogens is 671 g/mol. The van der Waals surface area contributed by atoms with Gasteiger partial charge in [0.1, 0.15) is 0 Å². The third kappa shape index (κ3) is 9.94. The maximum Gasteiger partial charge on any atom is 0.490 e. The summed E-state index contributed by atoms with van der Waals surface area (Å²) < 4.78 is 36.8. The highest BCUT2D eigenvalue weighted by Gasteiger charge is 2.38. The largest absolute Gasteiger partial charge is 0.490 e. The predicted octanol–water partition coefficient (Wildman–Crippen LogP) is 5.96. The van der Waals surface area contributed by atoms with Crippen LogP contribution in [0, 0.1) is 0 Å². The Labute approximate surface area is 290 Å². The minimum Gasteiger partial charge on any atom is -0.481 e. The summed E-state index contributed by atoms with van der Waals surface area (Å²) in [4.78, 5) is 60.5. The second-order valence-corrected chi connectivity index (χ2v) is 11.3. The normalized spacial score (nSPS) is 12.2. The number of nitrogens with one attached hydrogen (secondary N) is 2. The quantitative estimate of drug-likeness (QED) is 0.149. The molecule has 1 aliphatic carbocycles. The van der Waals surface area contributed by atoms with E-state index in [-0.39, 0.29) is 25.9 Å². The van der Waals surface area contributed by atoms with Gasteiger partial charge in [0.25, 0.3) is 0 Å². The summed E-state index contributed by atoms with van der Waals surface area (Å²) in [7, 11) is 1.30. The van der Waals surface area contributed by atoms with Crippen molar-refractivity contribution in [1.29, 1.82) is 0 Å². The van der Waals surface area contributed by atoms with E-state index in [9.17, 15) is 37.5 Å². The van der Waals surface area contributed by atoms with Gasteiger partial charge in [-0.3, -0.25) is 19.3 Å². The van der Waals surface area contributed by atoms with Gasteiger partial charge in [0.15, 0.2) is 0 Å². The molecule has 11 nitrogen and oxygen atoms in total. The number of methoxy groups -OCH3 is 1. The molecular formula is C37H34F3N3O8. The first-order valence-electron chi connectivity index (χ1n) is 15.6. The zero-order valence-corrected chi connectivity index (χ0v) is 27.2. The van der Waals surface area contributed by atoms with Gasteiger partial charge in [-0.1, -0.05) is 103 Å². The maximum absolute atomic E-state index is 12.9. The summed E-state index contributed by atoms with van der Waals surface area (Å²) >= 11 is 0. The Bertz CT molecular complexity index is 1820. The van der Waals surface area contributed by atoms with Crippen LogP contribution in [0.25, 0.3) is 22.3 Å². The third-order valence-electron chi connectivity index (χ3n) is 7.92. The number of carboxylic acids is 2.